The van der Waals surface area contributed by atoms with E-state index in [2.05, 4.69) is 34.3 Å². The first-order chi connectivity index (χ1) is 24.2. The summed E-state index contributed by atoms with van der Waals surface area (Å²) in [6, 6.07) is 4.21. The van der Waals surface area contributed by atoms with Gasteiger partial charge >= 0.3 is 0 Å². The van der Waals surface area contributed by atoms with Crippen LogP contribution in [-0.2, 0) is 16.0 Å². The van der Waals surface area contributed by atoms with Gasteiger partial charge in [-0.25, -0.2) is 4.39 Å². The molecular formula is C38H62FN7O3S. The first kappa shape index (κ1) is 44.7. The molecule has 1 aromatic rings. The maximum absolute atomic E-state index is 14.8. The van der Waals surface area contributed by atoms with E-state index in [1.165, 1.54) is 49.3 Å². The summed E-state index contributed by atoms with van der Waals surface area (Å²) in [6.45, 7) is 22.2. The zero-order valence-corrected chi connectivity index (χ0v) is 32.2. The number of carbonyl (C=O) groups excluding carboxylic acids is 3. The van der Waals surface area contributed by atoms with Gasteiger partial charge in [-0.15, -0.1) is 0 Å². The first-order valence-electron chi connectivity index (χ1n) is 18.0. The Morgan fingerprint density at radius 1 is 0.940 bits per heavy atom. The molecule has 3 saturated heterocycles. The van der Waals surface area contributed by atoms with Crippen molar-refractivity contribution in [2.75, 3.05) is 84.8 Å². The normalized spacial score (nSPS) is 17.6. The van der Waals surface area contributed by atoms with Crippen LogP contribution in [0.25, 0.3) is 0 Å². The Labute approximate surface area is 305 Å². The Bertz CT molecular complexity index is 1300. The number of rotatable bonds is 11. The zero-order chi connectivity index (χ0) is 37.6. The summed E-state index contributed by atoms with van der Waals surface area (Å²) in [5.74, 6) is -0.920. The van der Waals surface area contributed by atoms with Crippen LogP contribution >= 0.6 is 12.6 Å². The molecule has 3 amide bonds. The molecular weight excluding hydrogens is 654 g/mol. The molecule has 12 heteroatoms. The van der Waals surface area contributed by atoms with Crippen molar-refractivity contribution in [1.29, 1.82) is 5.41 Å². The predicted octanol–water partition coefficient (Wildman–Crippen LogP) is 4.43. The standard InChI is InChI=1S/C33H46FN7O3.2C2H6.CH4S/c1-3-5-27(26(4-2)32(36)43)30(35)21-25-6-7-29(34)28(20-25)33(44)41-18-16-40(17-19-41)31(42)23-39-14-12-38(13-15-39)22-24-8-10-37-11-9-24;3*1-2/h3-7,20,24,35,37H,1,8-19,21-23H2,2H3,(H2,36,43);2*1-2H3;2H,1H3/b26-4+,27-5+,35-30?;;;. The molecule has 1 aromatic carbocycles. The second-order valence-electron chi connectivity index (χ2n) is 11.8. The lowest BCUT2D eigenvalue weighted by atomic mass is 9.94. The summed E-state index contributed by atoms with van der Waals surface area (Å²) in [7, 11) is 0. The number of allylic oxidation sites excluding steroid dienone is 3. The van der Waals surface area contributed by atoms with Crippen LogP contribution < -0.4 is 11.1 Å². The Morgan fingerprint density at radius 3 is 2.04 bits per heavy atom. The summed E-state index contributed by atoms with van der Waals surface area (Å²) >= 11 is 3.53. The maximum atomic E-state index is 14.8. The molecule has 0 unspecified atom stereocenters. The lowest BCUT2D eigenvalue weighted by molar-refractivity contribution is -0.134. The van der Waals surface area contributed by atoms with E-state index in [1.807, 2.05) is 27.7 Å². The van der Waals surface area contributed by atoms with Crippen molar-refractivity contribution in [2.45, 2.75) is 53.9 Å². The second kappa shape index (κ2) is 24.8. The van der Waals surface area contributed by atoms with Gasteiger partial charge in [0.2, 0.25) is 11.8 Å². The fourth-order valence-electron chi connectivity index (χ4n) is 6.23. The van der Waals surface area contributed by atoms with Gasteiger partial charge in [0.25, 0.3) is 5.91 Å². The second-order valence-corrected chi connectivity index (χ2v) is 11.8. The number of thiol groups is 1. The highest BCUT2D eigenvalue weighted by molar-refractivity contribution is 7.79. The zero-order valence-electron chi connectivity index (χ0n) is 31.3. The Balaban J connectivity index is 0.00000197. The van der Waals surface area contributed by atoms with E-state index in [0.717, 1.165) is 51.7 Å². The maximum Gasteiger partial charge on any atom is 0.256 e. The lowest BCUT2D eigenvalue weighted by Crippen LogP contribution is -2.55. The fraction of sp³-hybridized carbons (Fsp3) is 0.579. The average Bonchev–Trinajstić information content (AvgIpc) is 3.15. The highest BCUT2D eigenvalue weighted by atomic mass is 32.1. The number of hydrogen-bond acceptors (Lipinski definition) is 8. The molecule has 0 saturated carbocycles. The van der Waals surface area contributed by atoms with E-state index in [9.17, 15) is 18.8 Å². The van der Waals surface area contributed by atoms with E-state index >= 15 is 0 Å². The summed E-state index contributed by atoms with van der Waals surface area (Å²) in [4.78, 5) is 46.4. The van der Waals surface area contributed by atoms with Crippen LogP contribution in [-0.4, -0.2) is 128 Å². The van der Waals surface area contributed by atoms with Crippen LogP contribution in [0.15, 0.2) is 54.2 Å². The van der Waals surface area contributed by atoms with Gasteiger partial charge in [-0.3, -0.25) is 19.3 Å². The van der Waals surface area contributed by atoms with E-state index in [4.69, 9.17) is 11.1 Å². The lowest BCUT2D eigenvalue weighted by Gasteiger charge is -2.39. The number of hydrogen-bond donors (Lipinski definition) is 4. The number of halogens is 1. The number of amides is 3. The molecule has 0 atom stereocenters. The summed E-state index contributed by atoms with van der Waals surface area (Å²) in [5, 5.41) is 12.0. The third-order valence-electron chi connectivity index (χ3n) is 8.81. The van der Waals surface area contributed by atoms with Gasteiger partial charge in [-0.2, -0.15) is 12.6 Å². The fourth-order valence-corrected chi connectivity index (χ4v) is 6.23. The number of piperazine rings is 2. The topological polar surface area (TPSA) is 126 Å². The SMILES string of the molecule is C=C/C=C(C(=N)Cc1ccc(F)c(C(=O)N2CCN(C(=O)CN3CCN(CC4CCNCC4)CC3)CC2)c1)\C(=C/C)C(N)=O.CC.CC.CS. The molecule has 0 aromatic heterocycles. The van der Waals surface area contributed by atoms with E-state index in [0.29, 0.717) is 43.9 Å². The number of primary amides is 1. The molecule has 0 spiro atoms. The molecule has 4 N–H and O–H groups in total. The minimum atomic E-state index is -0.663. The van der Waals surface area contributed by atoms with Crippen LogP contribution in [0.5, 0.6) is 0 Å². The molecule has 0 bridgehead atoms. The van der Waals surface area contributed by atoms with Gasteiger partial charge < -0.3 is 31.2 Å². The molecule has 3 heterocycles. The highest BCUT2D eigenvalue weighted by Crippen LogP contribution is 2.20. The van der Waals surface area contributed by atoms with Crippen molar-refractivity contribution in [3.8, 4) is 0 Å². The van der Waals surface area contributed by atoms with Crippen LogP contribution in [0.1, 0.15) is 63.4 Å². The van der Waals surface area contributed by atoms with Gasteiger partial charge in [0.05, 0.1) is 12.1 Å². The van der Waals surface area contributed by atoms with Crippen molar-refractivity contribution in [2.24, 2.45) is 11.7 Å². The number of benzene rings is 1. The minimum absolute atomic E-state index is 0.0652. The largest absolute Gasteiger partial charge is 0.366 e. The Hall–Kier alpha value is -3.32. The van der Waals surface area contributed by atoms with Gasteiger partial charge in [-0.05, 0) is 62.7 Å². The van der Waals surface area contributed by atoms with Crippen LogP contribution in [0.3, 0.4) is 0 Å². The molecule has 280 valence electrons. The van der Waals surface area contributed by atoms with Crippen molar-refractivity contribution >= 4 is 36.1 Å². The molecule has 10 nitrogen and oxygen atoms in total. The molecule has 3 fully saturated rings. The highest BCUT2D eigenvalue weighted by Gasteiger charge is 2.29. The smallest absolute Gasteiger partial charge is 0.256 e. The quantitative estimate of drug-likeness (QED) is 0.116. The molecule has 3 aliphatic heterocycles. The van der Waals surface area contributed by atoms with Gasteiger partial charge in [-0.1, -0.05) is 58.6 Å². The van der Waals surface area contributed by atoms with Crippen molar-refractivity contribution < 1.29 is 18.8 Å². The summed E-state index contributed by atoms with van der Waals surface area (Å²) in [6.07, 6.45) is 8.78. The number of carbonyl (C=O) groups is 3. The number of nitrogens with one attached hydrogen (secondary N) is 2. The number of nitrogens with zero attached hydrogens (tertiary/aromatic N) is 4. The van der Waals surface area contributed by atoms with Crippen molar-refractivity contribution in [3.63, 3.8) is 0 Å². The van der Waals surface area contributed by atoms with Gasteiger partial charge in [0.1, 0.15) is 5.82 Å². The summed E-state index contributed by atoms with van der Waals surface area (Å²) in [5.41, 5.74) is 6.57. The minimum Gasteiger partial charge on any atom is -0.366 e. The first-order valence-corrected chi connectivity index (χ1v) is 18.9. The third kappa shape index (κ3) is 13.8. The van der Waals surface area contributed by atoms with Gasteiger partial charge in [0, 0.05) is 82.2 Å². The molecule has 50 heavy (non-hydrogen) atoms. The van der Waals surface area contributed by atoms with Gasteiger partial charge in [0.15, 0.2) is 0 Å². The Morgan fingerprint density at radius 2 is 1.50 bits per heavy atom. The van der Waals surface area contributed by atoms with E-state index in [-0.39, 0.29) is 29.2 Å². The van der Waals surface area contributed by atoms with Crippen molar-refractivity contribution in [1.82, 2.24) is 24.9 Å². The van der Waals surface area contributed by atoms with Crippen LogP contribution in [0.2, 0.25) is 0 Å². The molecule has 0 radical (unpaired) electrons. The molecule has 0 aliphatic carbocycles. The predicted molar refractivity (Wildman–Crippen MR) is 208 cm³/mol. The third-order valence-corrected chi connectivity index (χ3v) is 8.81. The molecule has 3 aliphatic rings. The average molecular weight is 716 g/mol. The number of piperidine rings is 1. The number of nitrogens with two attached hydrogens (primary N) is 1. The summed E-state index contributed by atoms with van der Waals surface area (Å²) < 4.78 is 14.8. The van der Waals surface area contributed by atoms with Crippen LogP contribution in [0.4, 0.5) is 4.39 Å². The van der Waals surface area contributed by atoms with Crippen molar-refractivity contribution in [3.05, 3.63) is 71.1 Å². The Kier molecular flexibility index (Phi) is 22.1. The van der Waals surface area contributed by atoms with E-state index in [1.54, 1.807) is 23.0 Å². The monoisotopic (exact) mass is 715 g/mol. The molecule has 4 rings (SSSR count). The van der Waals surface area contributed by atoms with Crippen LogP contribution in [0, 0.1) is 17.1 Å². The van der Waals surface area contributed by atoms with E-state index < -0.39 is 17.6 Å².